The molecule has 4 heteroatoms. The highest BCUT2D eigenvalue weighted by Gasteiger charge is 2.14. The molecule has 1 N–H and O–H groups in total. The molecule has 1 unspecified atom stereocenters. The molecule has 3 nitrogen and oxygen atoms in total. The standard InChI is InChI=1S/C6H11NO2S/c1-3-10(8,9)6(2)4-5-7/h4,6-7H,3H2,1-2H3. The first-order chi connectivity index (χ1) is 4.54. The Bertz CT molecular complexity index is 236. The molecule has 0 aromatic carbocycles. The Morgan fingerprint density at radius 3 is 2.50 bits per heavy atom. The Morgan fingerprint density at radius 1 is 1.70 bits per heavy atom. The van der Waals surface area contributed by atoms with Crippen molar-refractivity contribution in [3.05, 3.63) is 6.08 Å². The van der Waals surface area contributed by atoms with Gasteiger partial charge in [-0.15, -0.1) is 0 Å². The second-order valence-corrected chi connectivity index (χ2v) is 4.61. The van der Waals surface area contributed by atoms with Crippen molar-refractivity contribution < 1.29 is 8.42 Å². The highest BCUT2D eigenvalue weighted by atomic mass is 32.2. The van der Waals surface area contributed by atoms with Crippen molar-refractivity contribution in [3.63, 3.8) is 0 Å². The zero-order chi connectivity index (χ0) is 8.20. The third kappa shape index (κ3) is 2.33. The molecule has 0 fully saturated rings. The van der Waals surface area contributed by atoms with Gasteiger partial charge in [-0.05, 0) is 18.9 Å². The van der Waals surface area contributed by atoms with E-state index < -0.39 is 15.1 Å². The van der Waals surface area contributed by atoms with Gasteiger partial charge in [-0.1, -0.05) is 6.92 Å². The van der Waals surface area contributed by atoms with E-state index in [2.05, 4.69) is 0 Å². The molecule has 1 atom stereocenters. The predicted octanol–water partition coefficient (Wildman–Crippen LogP) is 0.614. The minimum absolute atomic E-state index is 0.117. The Labute approximate surface area is 61.2 Å². The van der Waals surface area contributed by atoms with Crippen molar-refractivity contribution in [3.8, 4) is 0 Å². The van der Waals surface area contributed by atoms with E-state index in [0.29, 0.717) is 0 Å². The van der Waals surface area contributed by atoms with Crippen LogP contribution in [0.2, 0.25) is 0 Å². The summed E-state index contributed by atoms with van der Waals surface area (Å²) in [6.45, 7) is 3.13. The third-order valence-corrected chi connectivity index (χ3v) is 3.36. The van der Waals surface area contributed by atoms with E-state index in [4.69, 9.17) is 5.41 Å². The van der Waals surface area contributed by atoms with Crippen molar-refractivity contribution in [2.24, 2.45) is 0 Å². The summed E-state index contributed by atoms with van der Waals surface area (Å²) in [5.41, 5.74) is 0. The Morgan fingerprint density at radius 2 is 2.20 bits per heavy atom. The van der Waals surface area contributed by atoms with Crippen LogP contribution in [0.25, 0.3) is 0 Å². The van der Waals surface area contributed by atoms with Crippen molar-refractivity contribution in [2.45, 2.75) is 19.1 Å². The molecule has 0 radical (unpaired) electrons. The van der Waals surface area contributed by atoms with Crippen LogP contribution in [-0.2, 0) is 9.84 Å². The van der Waals surface area contributed by atoms with E-state index in [9.17, 15) is 8.42 Å². The minimum atomic E-state index is -3.00. The quantitative estimate of drug-likeness (QED) is 0.617. The molecule has 0 rings (SSSR count). The lowest BCUT2D eigenvalue weighted by molar-refractivity contribution is 0.592. The summed E-state index contributed by atoms with van der Waals surface area (Å²) in [4.78, 5) is 0. The van der Waals surface area contributed by atoms with E-state index in [1.165, 1.54) is 6.08 Å². The monoisotopic (exact) mass is 161 g/mol. The van der Waals surface area contributed by atoms with E-state index in [-0.39, 0.29) is 5.75 Å². The first-order valence-corrected chi connectivity index (χ1v) is 4.73. The van der Waals surface area contributed by atoms with Gasteiger partial charge in [-0.25, -0.2) is 8.42 Å². The molecule has 0 heterocycles. The van der Waals surface area contributed by atoms with Crippen LogP contribution in [0.1, 0.15) is 13.8 Å². The maximum atomic E-state index is 10.9. The summed E-state index contributed by atoms with van der Waals surface area (Å²) in [5, 5.41) is 5.94. The lowest BCUT2D eigenvalue weighted by Crippen LogP contribution is -2.17. The normalized spacial score (nSPS) is 13.8. The topological polar surface area (TPSA) is 58.0 Å². The Hall–Kier alpha value is -0.600. The fraction of sp³-hybridized carbons (Fsp3) is 0.667. The summed E-state index contributed by atoms with van der Waals surface area (Å²) in [5.74, 6) is 2.07. The lowest BCUT2D eigenvalue weighted by Gasteiger charge is -2.02. The summed E-state index contributed by atoms with van der Waals surface area (Å²) < 4.78 is 21.9. The van der Waals surface area contributed by atoms with Gasteiger partial charge < -0.3 is 0 Å². The molecule has 10 heavy (non-hydrogen) atoms. The number of sulfone groups is 1. The van der Waals surface area contributed by atoms with Crippen LogP contribution in [0.3, 0.4) is 0 Å². The van der Waals surface area contributed by atoms with Crippen molar-refractivity contribution in [2.75, 3.05) is 5.75 Å². The summed E-state index contributed by atoms with van der Waals surface area (Å²) in [6.07, 6.45) is 1.23. The van der Waals surface area contributed by atoms with Crippen LogP contribution >= 0.6 is 0 Å². The van der Waals surface area contributed by atoms with E-state index >= 15 is 0 Å². The fourth-order valence-electron chi connectivity index (χ4n) is 0.484. The van der Waals surface area contributed by atoms with Gasteiger partial charge in [0.15, 0.2) is 9.84 Å². The molecule has 0 aromatic rings. The maximum absolute atomic E-state index is 10.9. The van der Waals surface area contributed by atoms with E-state index in [1.807, 2.05) is 5.87 Å². The van der Waals surface area contributed by atoms with Gasteiger partial charge >= 0.3 is 0 Å². The van der Waals surface area contributed by atoms with E-state index in [0.717, 1.165) is 0 Å². The average Bonchev–Trinajstić information content (AvgIpc) is 1.89. The highest BCUT2D eigenvalue weighted by Crippen LogP contribution is 2.00. The van der Waals surface area contributed by atoms with Gasteiger partial charge in [0.25, 0.3) is 0 Å². The highest BCUT2D eigenvalue weighted by molar-refractivity contribution is 7.92. The number of hydrogen-bond acceptors (Lipinski definition) is 3. The first-order valence-electron chi connectivity index (χ1n) is 3.01. The molecular weight excluding hydrogens is 150 g/mol. The largest absolute Gasteiger partial charge is 0.259 e. The third-order valence-electron chi connectivity index (χ3n) is 1.29. The maximum Gasteiger partial charge on any atom is 0.156 e. The second-order valence-electron chi connectivity index (χ2n) is 1.97. The van der Waals surface area contributed by atoms with Crippen molar-refractivity contribution >= 4 is 15.7 Å². The smallest absolute Gasteiger partial charge is 0.156 e. The van der Waals surface area contributed by atoms with Gasteiger partial charge in [-0.3, -0.25) is 5.41 Å². The molecule has 0 aromatic heterocycles. The minimum Gasteiger partial charge on any atom is -0.259 e. The van der Waals surface area contributed by atoms with Crippen LogP contribution < -0.4 is 0 Å². The molecule has 0 amide bonds. The lowest BCUT2D eigenvalue weighted by atomic mass is 10.5. The SMILES string of the molecule is CCS(=O)(=O)C(C)C=C=N. The van der Waals surface area contributed by atoms with Gasteiger partial charge in [0.2, 0.25) is 0 Å². The van der Waals surface area contributed by atoms with Crippen LogP contribution in [-0.4, -0.2) is 25.3 Å². The molecule has 0 aliphatic carbocycles. The van der Waals surface area contributed by atoms with Crippen LogP contribution in [0, 0.1) is 5.41 Å². The molecule has 0 aliphatic heterocycles. The van der Waals surface area contributed by atoms with Crippen molar-refractivity contribution in [1.29, 1.82) is 5.41 Å². The van der Waals surface area contributed by atoms with Crippen LogP contribution in [0.15, 0.2) is 6.08 Å². The van der Waals surface area contributed by atoms with Crippen LogP contribution in [0.4, 0.5) is 0 Å². The fourth-order valence-corrected chi connectivity index (χ4v) is 1.29. The molecule has 0 saturated heterocycles. The molecule has 0 bridgehead atoms. The zero-order valence-electron chi connectivity index (χ0n) is 6.09. The molecule has 0 saturated carbocycles. The first kappa shape index (κ1) is 9.40. The summed E-state index contributed by atoms with van der Waals surface area (Å²) >= 11 is 0. The van der Waals surface area contributed by atoms with Gasteiger partial charge in [0.1, 0.15) is 0 Å². The average molecular weight is 161 g/mol. The molecule has 58 valence electrons. The molecule has 0 aliphatic rings. The van der Waals surface area contributed by atoms with Gasteiger partial charge in [0, 0.05) is 5.75 Å². The number of hydrogen-bond donors (Lipinski definition) is 1. The summed E-state index contributed by atoms with van der Waals surface area (Å²) in [6, 6.07) is 0. The van der Waals surface area contributed by atoms with Crippen LogP contribution in [0.5, 0.6) is 0 Å². The van der Waals surface area contributed by atoms with Crippen molar-refractivity contribution in [1.82, 2.24) is 0 Å². The number of rotatable bonds is 3. The predicted molar refractivity (Wildman–Crippen MR) is 41.2 cm³/mol. The van der Waals surface area contributed by atoms with Gasteiger partial charge in [-0.2, -0.15) is 0 Å². The molecular formula is C6H11NO2S. The van der Waals surface area contributed by atoms with E-state index in [1.54, 1.807) is 13.8 Å². The number of nitrogens with one attached hydrogen (secondary N) is 1. The second kappa shape index (κ2) is 3.54. The Kier molecular flexibility index (Phi) is 3.33. The Balaban J connectivity index is 4.50. The summed E-state index contributed by atoms with van der Waals surface area (Å²) in [7, 11) is -3.00. The molecule has 0 spiro atoms. The zero-order valence-corrected chi connectivity index (χ0v) is 6.90. The van der Waals surface area contributed by atoms with Gasteiger partial charge in [0.05, 0.1) is 5.25 Å².